The number of ether oxygens (including phenoxy) is 7. The molecule has 0 aliphatic carbocycles. The molecule has 1 saturated heterocycles. The van der Waals surface area contributed by atoms with Crippen LogP contribution < -0.4 is 4.74 Å². The second-order valence-electron chi connectivity index (χ2n) is 15.2. The highest BCUT2D eigenvalue weighted by atomic mass is 16.7. The lowest BCUT2D eigenvalue weighted by atomic mass is 9.76. The first-order chi connectivity index (χ1) is 32.0. The highest BCUT2D eigenvalue weighted by Crippen LogP contribution is 2.54. The van der Waals surface area contributed by atoms with Gasteiger partial charge in [-0.1, -0.05) is 0 Å². The molecule has 13 N–H and O–H groups in total. The number of hydrogen-bond acceptors (Lipinski definition) is 26. The van der Waals surface area contributed by atoms with Crippen molar-refractivity contribution in [2.75, 3.05) is 6.61 Å². The fraction of sp³-hybridized carbons (Fsp3) is 0.244. The van der Waals surface area contributed by atoms with Crippen molar-refractivity contribution in [2.45, 2.75) is 49.1 Å². The number of benzene rings is 4. The van der Waals surface area contributed by atoms with Crippen molar-refractivity contribution >= 4 is 41.8 Å². The van der Waals surface area contributed by atoms with Crippen LogP contribution in [0.1, 0.15) is 59.3 Å². The van der Waals surface area contributed by atoms with Gasteiger partial charge in [-0.05, 0) is 30.3 Å². The zero-order valence-electron chi connectivity index (χ0n) is 33.4. The maximum absolute atomic E-state index is 14.6. The maximum Gasteiger partial charge on any atom is 0.341 e. The summed E-state index contributed by atoms with van der Waals surface area (Å²) in [4.78, 5) is 96.8. The Labute approximate surface area is 374 Å². The minimum atomic E-state index is -2.58. The zero-order valence-corrected chi connectivity index (χ0v) is 33.4. The second kappa shape index (κ2) is 16.4. The zero-order chi connectivity index (χ0) is 49.5. The predicted molar refractivity (Wildman–Crippen MR) is 206 cm³/mol. The topological polar surface area (TPSA) is 447 Å². The van der Waals surface area contributed by atoms with Gasteiger partial charge in [-0.2, -0.15) is 0 Å². The van der Waals surface area contributed by atoms with Crippen LogP contribution in [0.3, 0.4) is 0 Å². The summed E-state index contributed by atoms with van der Waals surface area (Å²) >= 11 is 0. The number of carbonyl (C=O) groups excluding carboxylic acids is 6. The molecular weight excluding hydrogens is 924 g/mol. The van der Waals surface area contributed by atoms with Gasteiger partial charge in [0.25, 0.3) is 0 Å². The largest absolute Gasteiger partial charge is 0.504 e. The van der Waals surface area contributed by atoms with Crippen LogP contribution in [0.25, 0.3) is 11.1 Å². The smallest absolute Gasteiger partial charge is 0.341 e. The molecule has 0 aromatic heterocycles. The number of cyclic esters (lactones) is 1. The summed E-state index contributed by atoms with van der Waals surface area (Å²) in [7, 11) is 0. The van der Waals surface area contributed by atoms with Gasteiger partial charge in [0.2, 0.25) is 29.6 Å². The van der Waals surface area contributed by atoms with E-state index >= 15 is 0 Å². The third kappa shape index (κ3) is 7.31. The summed E-state index contributed by atoms with van der Waals surface area (Å²) in [6, 6.07) is 2.36. The quantitative estimate of drug-likeness (QED) is 0.0554. The Hall–Kier alpha value is -9.11. The standard InChI is InChI=1S/C41H30O27/c42-13-1-8(2-14(43)24(13)49)35(56)68-41-34-33-31(64-39(60)12(6-19(47)48)22-23-11(38(59)67-34)5-17(46)27(52)32(23)65-40(61)30(22)55)18(63-41)7-62-36(57)9-3-15(44)25(50)28(53)20(9)21-10(37(58)66-33)4-16(45)26(51)29(21)54/h1-5,12,18,22,30-31,33-34,41-46,49-55H,6-7H2,(H,47,48)/t12?,18?,22?,30-,31?,33?,34?,41?/m0/s1. The summed E-state index contributed by atoms with van der Waals surface area (Å²) in [5.74, 6) is -32.0. The number of rotatable bonds is 4. The molecule has 0 saturated carbocycles. The summed E-state index contributed by atoms with van der Waals surface area (Å²) in [5, 5.41) is 137. The van der Waals surface area contributed by atoms with Gasteiger partial charge in [0.15, 0.2) is 70.1 Å². The van der Waals surface area contributed by atoms with Crippen LogP contribution in [0.15, 0.2) is 30.3 Å². The normalized spacial score (nSPS) is 24.3. The Morgan fingerprint density at radius 2 is 1.10 bits per heavy atom. The number of aliphatic carboxylic acids is 1. The number of carboxylic acids is 1. The first-order valence-electron chi connectivity index (χ1n) is 19.2. The van der Waals surface area contributed by atoms with Gasteiger partial charge >= 0.3 is 41.8 Å². The number of aromatic hydroxyl groups is 11. The highest BCUT2D eigenvalue weighted by Gasteiger charge is 2.58. The molecule has 1 fully saturated rings. The molecule has 356 valence electrons. The van der Waals surface area contributed by atoms with Gasteiger partial charge in [-0.3, -0.25) is 9.59 Å². The van der Waals surface area contributed by atoms with Crippen LogP contribution >= 0.6 is 0 Å². The Bertz CT molecular complexity index is 2900. The first-order valence-corrected chi connectivity index (χ1v) is 19.2. The van der Waals surface area contributed by atoms with Crippen molar-refractivity contribution in [3.63, 3.8) is 0 Å². The molecule has 4 aromatic rings. The van der Waals surface area contributed by atoms with Crippen molar-refractivity contribution in [3.8, 4) is 80.1 Å². The van der Waals surface area contributed by atoms with Crippen LogP contribution in [0.4, 0.5) is 0 Å². The molecule has 7 unspecified atom stereocenters. The van der Waals surface area contributed by atoms with Crippen molar-refractivity contribution in [1.29, 1.82) is 0 Å². The van der Waals surface area contributed by atoms with E-state index in [9.17, 15) is 99.9 Å². The molecule has 4 aliphatic heterocycles. The van der Waals surface area contributed by atoms with E-state index in [1.807, 2.05) is 0 Å². The molecule has 8 rings (SSSR count). The number of esters is 6. The highest BCUT2D eigenvalue weighted by molar-refractivity contribution is 6.08. The first kappa shape index (κ1) is 45.5. The van der Waals surface area contributed by atoms with E-state index < -0.39 is 211 Å². The number of carbonyl (C=O) groups is 7. The molecule has 68 heavy (non-hydrogen) atoms. The van der Waals surface area contributed by atoms with Gasteiger partial charge < -0.3 is 99.5 Å². The van der Waals surface area contributed by atoms with Crippen molar-refractivity contribution in [3.05, 3.63) is 58.1 Å². The minimum Gasteiger partial charge on any atom is -0.504 e. The molecular formula is C41H30O27. The molecule has 0 radical (unpaired) electrons. The molecule has 27 nitrogen and oxygen atoms in total. The molecule has 0 spiro atoms. The third-order valence-corrected chi connectivity index (χ3v) is 11.2. The van der Waals surface area contributed by atoms with Gasteiger partial charge in [0.1, 0.15) is 12.7 Å². The lowest BCUT2D eigenvalue weighted by Crippen LogP contribution is -2.63. The van der Waals surface area contributed by atoms with E-state index in [0.717, 1.165) is 0 Å². The van der Waals surface area contributed by atoms with E-state index in [1.54, 1.807) is 0 Å². The average Bonchev–Trinajstić information content (AvgIpc) is 3.28. The summed E-state index contributed by atoms with van der Waals surface area (Å²) in [6.45, 7) is -1.31. The Balaban J connectivity index is 1.39. The van der Waals surface area contributed by atoms with Gasteiger partial charge in [-0.15, -0.1) is 0 Å². The number of phenols is 11. The van der Waals surface area contributed by atoms with Crippen molar-refractivity contribution in [1.82, 2.24) is 0 Å². The van der Waals surface area contributed by atoms with E-state index in [2.05, 4.69) is 0 Å². The number of hydrogen-bond donors (Lipinski definition) is 13. The van der Waals surface area contributed by atoms with E-state index in [-0.39, 0.29) is 0 Å². The number of aliphatic hydroxyl groups is 1. The van der Waals surface area contributed by atoms with Crippen molar-refractivity contribution < 1.29 is 133 Å². The minimum absolute atomic E-state index is 0.361. The number of fused-ring (bicyclic) bond motifs is 3. The molecule has 8 atom stereocenters. The second-order valence-corrected chi connectivity index (χ2v) is 15.2. The fourth-order valence-corrected chi connectivity index (χ4v) is 8.04. The molecule has 27 heteroatoms. The van der Waals surface area contributed by atoms with Crippen molar-refractivity contribution in [2.24, 2.45) is 5.92 Å². The van der Waals surface area contributed by atoms with Crippen LogP contribution in [0.2, 0.25) is 0 Å². The van der Waals surface area contributed by atoms with Crippen LogP contribution in [-0.4, -0.2) is 152 Å². The Morgan fingerprint density at radius 3 is 1.69 bits per heavy atom. The number of carboxylic acid groups (broad SMARTS) is 1. The summed E-state index contributed by atoms with van der Waals surface area (Å²) in [5.41, 5.74) is -7.08. The average molecular weight is 955 g/mol. The number of aliphatic hydroxyl groups excluding tert-OH is 1. The monoisotopic (exact) mass is 954 g/mol. The molecule has 4 bridgehead atoms. The van der Waals surface area contributed by atoms with Gasteiger partial charge in [0.05, 0.1) is 34.6 Å². The van der Waals surface area contributed by atoms with Crippen LogP contribution in [-0.2, 0) is 42.8 Å². The van der Waals surface area contributed by atoms with Crippen LogP contribution in [0, 0.1) is 5.92 Å². The lowest BCUT2D eigenvalue weighted by molar-refractivity contribution is -0.287. The van der Waals surface area contributed by atoms with Gasteiger partial charge in [-0.25, -0.2) is 24.0 Å². The van der Waals surface area contributed by atoms with E-state index in [1.165, 1.54) is 0 Å². The summed E-state index contributed by atoms with van der Waals surface area (Å²) < 4.78 is 38.8. The molecule has 4 aromatic carbocycles. The molecule has 4 aliphatic rings. The van der Waals surface area contributed by atoms with Crippen LogP contribution in [0.5, 0.6) is 69.0 Å². The Kier molecular flexibility index (Phi) is 11.0. The lowest BCUT2D eigenvalue weighted by Gasteiger charge is -2.44. The summed E-state index contributed by atoms with van der Waals surface area (Å²) in [6.07, 6.45) is -16.3. The maximum atomic E-state index is 14.6. The third-order valence-electron chi connectivity index (χ3n) is 11.2. The van der Waals surface area contributed by atoms with E-state index in [0.29, 0.717) is 30.3 Å². The number of phenolic OH excluding ortho intramolecular Hbond substituents is 11. The Morgan fingerprint density at radius 1 is 0.588 bits per heavy atom. The van der Waals surface area contributed by atoms with E-state index in [4.69, 9.17) is 33.2 Å². The molecule has 0 amide bonds. The fourth-order valence-electron chi connectivity index (χ4n) is 8.04. The predicted octanol–water partition coefficient (Wildman–Crippen LogP) is -0.00170. The SMILES string of the molecule is O=C(O)CC1C(=O)OC2C3COC(=O)c4cc(O)c(O)c(O)c4-c4c(cc(O)c(O)c4O)C(=O)OC2C(OC(=O)c2cc(O)c(O)c4c2C1[C@H](O)C(=O)O4)C(OC(=O)c1cc(O)c(O)c(O)c1)O3. The molecule has 4 heterocycles. The van der Waals surface area contributed by atoms with Gasteiger partial charge in [0, 0.05) is 22.6 Å².